The molecule has 2 atom stereocenters. The minimum atomic E-state index is -4.64. The number of phosphoric acid groups is 1. The summed E-state index contributed by atoms with van der Waals surface area (Å²) in [5.74, 6) is 0. The van der Waals surface area contributed by atoms with E-state index in [1.165, 1.54) is 9.80 Å². The molecule has 29 heavy (non-hydrogen) atoms. The van der Waals surface area contributed by atoms with Crippen LogP contribution in [-0.4, -0.2) is 170 Å². The number of aliphatic hydroxyl groups excluding tert-OH is 2. The van der Waals surface area contributed by atoms with Crippen LogP contribution in [0.1, 0.15) is 12.8 Å². The Morgan fingerprint density at radius 2 is 0.931 bits per heavy atom. The van der Waals surface area contributed by atoms with Crippen molar-refractivity contribution >= 4 is 87.2 Å². The van der Waals surface area contributed by atoms with Gasteiger partial charge in [0.1, 0.15) is 10.7 Å². The maximum absolute atomic E-state index is 11.3. The van der Waals surface area contributed by atoms with Crippen LogP contribution in [0, 0.1) is 0 Å². The van der Waals surface area contributed by atoms with Crippen LogP contribution in [0.3, 0.4) is 0 Å². The van der Waals surface area contributed by atoms with Gasteiger partial charge in [-0.2, -0.15) is 16.8 Å². The van der Waals surface area contributed by atoms with Gasteiger partial charge in [0.05, 0.1) is 0 Å². The summed E-state index contributed by atoms with van der Waals surface area (Å²) >= 11 is 0. The average molecular weight is 508 g/mol. The van der Waals surface area contributed by atoms with Crippen molar-refractivity contribution in [2.45, 2.75) is 23.6 Å². The molecule has 1 fully saturated rings. The summed E-state index contributed by atoms with van der Waals surface area (Å²) in [5.41, 5.74) is 0. The van der Waals surface area contributed by atoms with Crippen molar-refractivity contribution < 1.29 is 55.4 Å². The molecule has 0 aliphatic carbocycles. The fourth-order valence-electron chi connectivity index (χ4n) is 2.57. The molecule has 0 aromatic heterocycles. The number of hydrogen-bond acceptors (Lipinski definition) is 9. The minimum absolute atomic E-state index is 0. The van der Waals surface area contributed by atoms with Gasteiger partial charge in [0.25, 0.3) is 20.2 Å². The normalized spacial score (nSPS) is 18.4. The fraction of sp³-hybridized carbons (Fsp3) is 1.00. The van der Waals surface area contributed by atoms with E-state index in [9.17, 15) is 25.9 Å². The molecular formula is C10H27N2Na2O12PS2. The monoisotopic (exact) mass is 508 g/mol. The molecule has 0 bridgehead atoms. The van der Waals surface area contributed by atoms with Gasteiger partial charge in [-0.25, -0.2) is 4.57 Å². The number of aliphatic hydroxyl groups is 2. The molecule has 1 rings (SSSR count). The van der Waals surface area contributed by atoms with Gasteiger partial charge in [0, 0.05) is 52.2 Å². The van der Waals surface area contributed by atoms with Crippen molar-refractivity contribution in [3.8, 4) is 0 Å². The molecule has 1 aliphatic rings. The molecule has 0 radical (unpaired) electrons. The third kappa shape index (κ3) is 16.1. The van der Waals surface area contributed by atoms with Crippen molar-refractivity contribution in [1.29, 1.82) is 0 Å². The second kappa shape index (κ2) is 15.6. The van der Waals surface area contributed by atoms with Crippen molar-refractivity contribution in [1.82, 2.24) is 9.80 Å². The molecule has 1 saturated heterocycles. The molecule has 0 spiro atoms. The van der Waals surface area contributed by atoms with Crippen LogP contribution >= 0.6 is 7.82 Å². The zero-order chi connectivity index (χ0) is 21.5. The van der Waals surface area contributed by atoms with Crippen LogP contribution < -0.4 is 0 Å². The first-order valence-electron chi connectivity index (χ1n) is 7.52. The predicted octanol–water partition coefficient (Wildman–Crippen LogP) is -4.43. The molecule has 1 aliphatic heterocycles. The van der Waals surface area contributed by atoms with Crippen molar-refractivity contribution in [3.05, 3.63) is 0 Å². The average Bonchev–Trinajstić information content (AvgIpc) is 2.47. The Balaban J connectivity index is -0.000000860. The zero-order valence-electron chi connectivity index (χ0n) is 14.1. The van der Waals surface area contributed by atoms with E-state index in [0.717, 1.165) is 0 Å². The van der Waals surface area contributed by atoms with Crippen molar-refractivity contribution in [2.75, 3.05) is 39.4 Å². The van der Waals surface area contributed by atoms with Gasteiger partial charge >= 0.3 is 66.9 Å². The van der Waals surface area contributed by atoms with Crippen LogP contribution in [-0.2, 0) is 24.8 Å². The number of piperazine rings is 1. The standard InChI is InChI=1S/C10H22N2O8S2.2Na.H3O4P.2H/c13-7-1-9(21(15,16)17)11-3-5-12(6-4-11)10(2-8-14)22(18,19)20;;;1-5(2,3)4;;/h9-10,13-14H,1-8H2,(H,15,16,17)(H,18,19,20);;;(H3,1,2,3,4);;. The maximum atomic E-state index is 11.3. The van der Waals surface area contributed by atoms with Gasteiger partial charge in [0.2, 0.25) is 0 Å². The molecule has 0 aromatic rings. The van der Waals surface area contributed by atoms with Crippen molar-refractivity contribution in [3.63, 3.8) is 0 Å². The van der Waals surface area contributed by atoms with E-state index >= 15 is 0 Å². The van der Waals surface area contributed by atoms with Gasteiger partial charge in [-0.3, -0.25) is 18.9 Å². The van der Waals surface area contributed by atoms with E-state index in [2.05, 4.69) is 0 Å². The molecule has 0 aromatic carbocycles. The second-order valence-electron chi connectivity index (χ2n) is 5.55. The molecule has 168 valence electrons. The van der Waals surface area contributed by atoms with E-state index in [0.29, 0.717) is 0 Å². The Bertz CT molecular complexity index is 637. The molecule has 0 saturated carbocycles. The third-order valence-corrected chi connectivity index (χ3v) is 6.05. The Hall–Kier alpha value is 1.77. The van der Waals surface area contributed by atoms with E-state index < -0.39 is 52.0 Å². The molecule has 19 heteroatoms. The fourth-order valence-corrected chi connectivity index (χ4v) is 4.56. The van der Waals surface area contributed by atoms with Crippen LogP contribution in [0.2, 0.25) is 0 Å². The van der Waals surface area contributed by atoms with E-state index in [-0.39, 0.29) is 98.1 Å². The second-order valence-corrected chi connectivity index (χ2v) is 9.72. The quantitative estimate of drug-likeness (QED) is 0.0931. The number of rotatable bonds is 8. The summed E-state index contributed by atoms with van der Waals surface area (Å²) in [6.45, 7) is -0.265. The van der Waals surface area contributed by atoms with Gasteiger partial charge in [-0.05, 0) is 0 Å². The summed E-state index contributed by atoms with van der Waals surface area (Å²) in [4.78, 5) is 24.4. The van der Waals surface area contributed by atoms with E-state index in [1.807, 2.05) is 0 Å². The summed E-state index contributed by atoms with van der Waals surface area (Å²) < 4.78 is 72.5. The third-order valence-electron chi connectivity index (χ3n) is 3.60. The first-order valence-corrected chi connectivity index (χ1v) is 12.1. The molecule has 1 heterocycles. The summed E-state index contributed by atoms with van der Waals surface area (Å²) in [7, 11) is -13.4. The molecule has 14 nitrogen and oxygen atoms in total. The van der Waals surface area contributed by atoms with Gasteiger partial charge in [-0.1, -0.05) is 0 Å². The van der Waals surface area contributed by atoms with Gasteiger partial charge < -0.3 is 24.9 Å². The SMILES string of the molecule is O=P(O)(O)O.O=S(=O)(O)C(CCO)N1CCN(C(CCO)S(=O)(=O)O)CC1.[NaH].[NaH]. The number of hydrogen-bond donors (Lipinski definition) is 7. The first-order chi connectivity index (χ1) is 12.1. The first kappa shape index (κ1) is 35.4. The number of nitrogens with zero attached hydrogens (tertiary/aromatic N) is 2. The van der Waals surface area contributed by atoms with Gasteiger partial charge in [-0.15, -0.1) is 0 Å². The van der Waals surface area contributed by atoms with Crippen LogP contribution in [0.15, 0.2) is 0 Å². The molecule has 2 unspecified atom stereocenters. The molecular weight excluding hydrogens is 481 g/mol. The van der Waals surface area contributed by atoms with Crippen LogP contribution in [0.5, 0.6) is 0 Å². The van der Waals surface area contributed by atoms with Crippen LogP contribution in [0.4, 0.5) is 0 Å². The predicted molar refractivity (Wildman–Crippen MR) is 106 cm³/mol. The topological polar surface area (TPSA) is 233 Å². The molecule has 7 N–H and O–H groups in total. The summed E-state index contributed by atoms with van der Waals surface area (Å²) in [5, 5.41) is 15.3. The Kier molecular flexibility index (Phi) is 19.0. The van der Waals surface area contributed by atoms with E-state index in [1.54, 1.807) is 0 Å². The van der Waals surface area contributed by atoms with Crippen molar-refractivity contribution in [2.24, 2.45) is 0 Å². The van der Waals surface area contributed by atoms with Crippen LogP contribution in [0.25, 0.3) is 0 Å². The van der Waals surface area contributed by atoms with Gasteiger partial charge in [0.15, 0.2) is 0 Å². The Labute approximate surface area is 213 Å². The Morgan fingerprint density at radius 3 is 1.07 bits per heavy atom. The Morgan fingerprint density at radius 1 is 0.724 bits per heavy atom. The zero-order valence-corrected chi connectivity index (χ0v) is 16.7. The molecule has 0 amide bonds. The summed E-state index contributed by atoms with van der Waals surface area (Å²) in [6.07, 6.45) is -0.311. The van der Waals surface area contributed by atoms with E-state index in [4.69, 9.17) is 29.5 Å². The summed E-state index contributed by atoms with van der Waals surface area (Å²) in [6, 6.07) is 0.